The third-order valence-corrected chi connectivity index (χ3v) is 3.35. The summed E-state index contributed by atoms with van der Waals surface area (Å²) in [5, 5.41) is 0. The maximum absolute atomic E-state index is 5.45. The summed E-state index contributed by atoms with van der Waals surface area (Å²) in [6.07, 6.45) is 5.63. The van der Waals surface area contributed by atoms with Crippen LogP contribution in [0.1, 0.15) is 6.92 Å². The van der Waals surface area contributed by atoms with E-state index >= 15 is 0 Å². The second kappa shape index (κ2) is 4.27. The van der Waals surface area contributed by atoms with Crippen molar-refractivity contribution in [3.8, 4) is 0 Å². The second-order valence-corrected chi connectivity index (χ2v) is 4.98. The molecule has 1 atom stereocenters. The van der Waals surface area contributed by atoms with E-state index in [1.165, 1.54) is 0 Å². The van der Waals surface area contributed by atoms with Crippen LogP contribution in [0.15, 0.2) is 23.2 Å². The SMILES string of the molecule is CC1COCCN1c1nc(Br)cn2ccnc12. The summed E-state index contributed by atoms with van der Waals surface area (Å²) >= 11 is 3.44. The lowest BCUT2D eigenvalue weighted by Crippen LogP contribution is -2.44. The molecule has 3 rings (SSSR count). The third-order valence-electron chi connectivity index (χ3n) is 2.97. The van der Waals surface area contributed by atoms with E-state index in [9.17, 15) is 0 Å². The lowest BCUT2D eigenvalue weighted by Gasteiger charge is -2.34. The van der Waals surface area contributed by atoms with E-state index < -0.39 is 0 Å². The highest BCUT2D eigenvalue weighted by Crippen LogP contribution is 2.24. The number of hydrogen-bond donors (Lipinski definition) is 0. The summed E-state index contributed by atoms with van der Waals surface area (Å²) in [5.74, 6) is 0.917. The molecule has 0 saturated carbocycles. The van der Waals surface area contributed by atoms with Crippen LogP contribution in [0.25, 0.3) is 5.65 Å². The number of halogens is 1. The van der Waals surface area contributed by atoms with Crippen LogP contribution in [0, 0.1) is 0 Å². The van der Waals surface area contributed by atoms with E-state index in [2.05, 4.69) is 37.7 Å². The van der Waals surface area contributed by atoms with E-state index in [4.69, 9.17) is 4.74 Å². The van der Waals surface area contributed by atoms with Gasteiger partial charge in [0.15, 0.2) is 11.5 Å². The van der Waals surface area contributed by atoms with E-state index in [1.807, 2.05) is 16.8 Å². The lowest BCUT2D eigenvalue weighted by atomic mass is 10.2. The first-order chi connectivity index (χ1) is 8.25. The summed E-state index contributed by atoms with van der Waals surface area (Å²) in [7, 11) is 0. The molecule has 0 aromatic carbocycles. The lowest BCUT2D eigenvalue weighted by molar-refractivity contribution is 0.0986. The summed E-state index contributed by atoms with van der Waals surface area (Å²) in [6.45, 7) is 4.47. The van der Waals surface area contributed by atoms with Gasteiger partial charge in [-0.3, -0.25) is 0 Å². The molecule has 1 fully saturated rings. The van der Waals surface area contributed by atoms with Gasteiger partial charge in [0.25, 0.3) is 0 Å². The molecule has 0 radical (unpaired) electrons. The van der Waals surface area contributed by atoms with Crippen molar-refractivity contribution in [3.05, 3.63) is 23.2 Å². The van der Waals surface area contributed by atoms with Crippen molar-refractivity contribution in [2.45, 2.75) is 13.0 Å². The van der Waals surface area contributed by atoms with Crippen LogP contribution in [0.3, 0.4) is 0 Å². The van der Waals surface area contributed by atoms with Crippen LogP contribution in [0.4, 0.5) is 5.82 Å². The number of ether oxygens (including phenoxy) is 1. The number of imidazole rings is 1. The molecule has 2 aromatic heterocycles. The van der Waals surface area contributed by atoms with Crippen LogP contribution in [0.2, 0.25) is 0 Å². The first-order valence-electron chi connectivity index (χ1n) is 5.59. The number of nitrogens with zero attached hydrogens (tertiary/aromatic N) is 4. The average molecular weight is 297 g/mol. The minimum atomic E-state index is 0.325. The molecule has 1 aliphatic rings. The van der Waals surface area contributed by atoms with E-state index in [1.54, 1.807) is 6.20 Å². The van der Waals surface area contributed by atoms with Gasteiger partial charge in [-0.2, -0.15) is 0 Å². The molecule has 90 valence electrons. The largest absolute Gasteiger partial charge is 0.377 e. The number of anilines is 1. The summed E-state index contributed by atoms with van der Waals surface area (Å²) < 4.78 is 8.25. The van der Waals surface area contributed by atoms with Gasteiger partial charge in [0.1, 0.15) is 4.60 Å². The molecule has 0 bridgehead atoms. The first-order valence-corrected chi connectivity index (χ1v) is 6.38. The van der Waals surface area contributed by atoms with Gasteiger partial charge >= 0.3 is 0 Å². The highest BCUT2D eigenvalue weighted by Gasteiger charge is 2.23. The van der Waals surface area contributed by atoms with Gasteiger partial charge in [-0.15, -0.1) is 0 Å². The molecule has 0 spiro atoms. The highest BCUT2D eigenvalue weighted by atomic mass is 79.9. The maximum Gasteiger partial charge on any atom is 0.180 e. The molecular weight excluding hydrogens is 284 g/mol. The number of rotatable bonds is 1. The van der Waals surface area contributed by atoms with Crippen molar-refractivity contribution in [1.29, 1.82) is 0 Å². The highest BCUT2D eigenvalue weighted by molar-refractivity contribution is 9.10. The second-order valence-electron chi connectivity index (χ2n) is 4.16. The minimum absolute atomic E-state index is 0.325. The molecular formula is C11H13BrN4O. The van der Waals surface area contributed by atoms with E-state index in [0.29, 0.717) is 6.04 Å². The van der Waals surface area contributed by atoms with Crippen LogP contribution in [-0.2, 0) is 4.74 Å². The van der Waals surface area contributed by atoms with Crippen LogP contribution < -0.4 is 4.90 Å². The van der Waals surface area contributed by atoms with Gasteiger partial charge in [0.05, 0.1) is 19.3 Å². The summed E-state index contributed by atoms with van der Waals surface area (Å²) in [5.41, 5.74) is 0.891. The Morgan fingerprint density at radius 1 is 1.53 bits per heavy atom. The molecule has 17 heavy (non-hydrogen) atoms. The fraction of sp³-hybridized carbons (Fsp3) is 0.455. The zero-order chi connectivity index (χ0) is 11.8. The van der Waals surface area contributed by atoms with Gasteiger partial charge in [0.2, 0.25) is 0 Å². The van der Waals surface area contributed by atoms with Crippen molar-refractivity contribution in [2.75, 3.05) is 24.7 Å². The molecule has 5 nitrogen and oxygen atoms in total. The molecule has 0 aliphatic carbocycles. The Morgan fingerprint density at radius 3 is 3.24 bits per heavy atom. The maximum atomic E-state index is 5.45. The molecule has 0 N–H and O–H groups in total. The molecule has 3 heterocycles. The Kier molecular flexibility index (Phi) is 2.76. The predicted octanol–water partition coefficient (Wildman–Crippen LogP) is 1.72. The van der Waals surface area contributed by atoms with Gasteiger partial charge in [-0.05, 0) is 22.9 Å². The Morgan fingerprint density at radius 2 is 2.41 bits per heavy atom. The van der Waals surface area contributed by atoms with Crippen molar-refractivity contribution >= 4 is 27.4 Å². The zero-order valence-corrected chi connectivity index (χ0v) is 11.1. The number of aromatic nitrogens is 3. The number of morpholine rings is 1. The quantitative estimate of drug-likeness (QED) is 0.804. The molecule has 0 amide bonds. The topological polar surface area (TPSA) is 42.7 Å². The Bertz CT molecular complexity index is 541. The molecule has 6 heteroatoms. The monoisotopic (exact) mass is 296 g/mol. The number of hydrogen-bond acceptors (Lipinski definition) is 4. The predicted molar refractivity (Wildman–Crippen MR) is 68.3 cm³/mol. The number of fused-ring (bicyclic) bond motifs is 1. The van der Waals surface area contributed by atoms with Gasteiger partial charge in [0, 0.05) is 25.1 Å². The smallest absolute Gasteiger partial charge is 0.180 e. The Labute approximate surface area is 108 Å². The normalized spacial score (nSPS) is 21.1. The molecule has 1 saturated heterocycles. The van der Waals surface area contributed by atoms with Crippen LogP contribution in [-0.4, -0.2) is 40.2 Å². The van der Waals surface area contributed by atoms with Crippen molar-refractivity contribution in [3.63, 3.8) is 0 Å². The first kappa shape index (κ1) is 11.0. The Hall–Kier alpha value is -1.14. The van der Waals surface area contributed by atoms with Crippen molar-refractivity contribution < 1.29 is 4.74 Å². The fourth-order valence-electron chi connectivity index (χ4n) is 2.12. The van der Waals surface area contributed by atoms with Crippen LogP contribution >= 0.6 is 15.9 Å². The van der Waals surface area contributed by atoms with Crippen molar-refractivity contribution in [2.24, 2.45) is 0 Å². The van der Waals surface area contributed by atoms with Gasteiger partial charge < -0.3 is 14.0 Å². The third kappa shape index (κ3) is 1.91. The Balaban J connectivity index is 2.11. The average Bonchev–Trinajstić information content (AvgIpc) is 2.76. The molecule has 1 aliphatic heterocycles. The van der Waals surface area contributed by atoms with E-state index in [0.717, 1.165) is 35.8 Å². The zero-order valence-electron chi connectivity index (χ0n) is 9.51. The van der Waals surface area contributed by atoms with Gasteiger partial charge in [-0.25, -0.2) is 9.97 Å². The minimum Gasteiger partial charge on any atom is -0.377 e. The van der Waals surface area contributed by atoms with Crippen molar-refractivity contribution in [1.82, 2.24) is 14.4 Å². The standard InChI is InChI=1S/C11H13BrN4O/c1-8-7-17-5-4-16(8)11-10-13-2-3-15(10)6-9(12)14-11/h2-3,6,8H,4-5,7H2,1H3. The van der Waals surface area contributed by atoms with Crippen LogP contribution in [0.5, 0.6) is 0 Å². The fourth-order valence-corrected chi connectivity index (χ4v) is 2.51. The molecule has 2 aromatic rings. The summed E-state index contributed by atoms with van der Waals surface area (Å²) in [4.78, 5) is 11.2. The molecule has 1 unspecified atom stereocenters. The van der Waals surface area contributed by atoms with E-state index in [-0.39, 0.29) is 0 Å². The van der Waals surface area contributed by atoms with Gasteiger partial charge in [-0.1, -0.05) is 0 Å². The summed E-state index contributed by atoms with van der Waals surface area (Å²) in [6, 6.07) is 0.325.